The lowest BCUT2D eigenvalue weighted by Crippen LogP contribution is -2.20. The van der Waals surface area contributed by atoms with Gasteiger partial charge in [0.05, 0.1) is 6.61 Å². The Hall–Kier alpha value is -1.09. The van der Waals surface area contributed by atoms with Gasteiger partial charge in [0.25, 0.3) is 0 Å². The van der Waals surface area contributed by atoms with Gasteiger partial charge in [-0.1, -0.05) is 32.3 Å². The van der Waals surface area contributed by atoms with Crippen LogP contribution >= 0.6 is 0 Å². The molecule has 1 saturated carbocycles. The van der Waals surface area contributed by atoms with Crippen LogP contribution in [-0.4, -0.2) is 18.1 Å². The molecular weight excluding hydrogens is 236 g/mol. The van der Waals surface area contributed by atoms with Gasteiger partial charge in [0.1, 0.15) is 0 Å². The van der Waals surface area contributed by atoms with Gasteiger partial charge in [-0.25, -0.2) is 4.98 Å². The molecule has 19 heavy (non-hydrogen) atoms. The fourth-order valence-corrected chi connectivity index (χ4v) is 2.82. The van der Waals surface area contributed by atoms with Crippen molar-refractivity contribution in [3.63, 3.8) is 0 Å². The summed E-state index contributed by atoms with van der Waals surface area (Å²) >= 11 is 0. The quantitative estimate of drug-likeness (QED) is 0.848. The molecular formula is C16H26N2O. The molecule has 3 nitrogen and oxygen atoms in total. The Morgan fingerprint density at radius 3 is 2.89 bits per heavy atom. The number of nitrogens with one attached hydrogen (secondary N) is 1. The largest absolute Gasteiger partial charge is 0.477 e. The summed E-state index contributed by atoms with van der Waals surface area (Å²) in [6.45, 7) is 6.06. The van der Waals surface area contributed by atoms with Crippen molar-refractivity contribution in [2.45, 2.75) is 52.0 Å². The zero-order chi connectivity index (χ0) is 13.5. The standard InChI is InChI=1S/C16H26N2O/c1-3-17-13(2)15-10-7-11-18-16(15)19-12-14-8-5-4-6-9-14/h7,10-11,13-14,17H,3-6,8-9,12H2,1-2H3. The van der Waals surface area contributed by atoms with Crippen molar-refractivity contribution in [3.05, 3.63) is 23.9 Å². The predicted octanol–water partition coefficient (Wildman–Crippen LogP) is 3.71. The average molecular weight is 262 g/mol. The Kier molecular flexibility index (Phi) is 5.64. The number of rotatable bonds is 6. The first-order valence-corrected chi connectivity index (χ1v) is 7.62. The maximum Gasteiger partial charge on any atom is 0.218 e. The second-order valence-electron chi connectivity index (χ2n) is 5.49. The monoisotopic (exact) mass is 262 g/mol. The lowest BCUT2D eigenvalue weighted by atomic mass is 9.90. The second kappa shape index (κ2) is 7.49. The van der Waals surface area contributed by atoms with Crippen molar-refractivity contribution in [1.82, 2.24) is 10.3 Å². The van der Waals surface area contributed by atoms with Crippen molar-refractivity contribution >= 4 is 0 Å². The third kappa shape index (κ3) is 4.20. The first-order valence-electron chi connectivity index (χ1n) is 7.62. The number of pyridine rings is 1. The molecule has 0 saturated heterocycles. The number of ether oxygens (including phenoxy) is 1. The lowest BCUT2D eigenvalue weighted by molar-refractivity contribution is 0.200. The molecule has 0 spiro atoms. The summed E-state index contributed by atoms with van der Waals surface area (Å²) in [7, 11) is 0. The molecule has 0 amide bonds. The molecule has 1 unspecified atom stereocenters. The summed E-state index contributed by atoms with van der Waals surface area (Å²) in [5.41, 5.74) is 1.17. The highest BCUT2D eigenvalue weighted by molar-refractivity contribution is 5.28. The van der Waals surface area contributed by atoms with Crippen molar-refractivity contribution in [2.75, 3.05) is 13.2 Å². The number of aromatic nitrogens is 1. The molecule has 1 aromatic rings. The van der Waals surface area contributed by atoms with Crippen LogP contribution in [0.4, 0.5) is 0 Å². The van der Waals surface area contributed by atoms with Crippen LogP contribution in [-0.2, 0) is 0 Å². The first-order chi connectivity index (χ1) is 9.31. The van der Waals surface area contributed by atoms with E-state index >= 15 is 0 Å². The highest BCUT2D eigenvalue weighted by Gasteiger charge is 2.16. The number of nitrogens with zero attached hydrogens (tertiary/aromatic N) is 1. The molecule has 1 aromatic heterocycles. The summed E-state index contributed by atoms with van der Waals surface area (Å²) in [6, 6.07) is 4.38. The maximum absolute atomic E-state index is 5.99. The Labute approximate surface area is 116 Å². The Morgan fingerprint density at radius 1 is 1.37 bits per heavy atom. The van der Waals surface area contributed by atoms with E-state index in [1.807, 2.05) is 12.3 Å². The van der Waals surface area contributed by atoms with Crippen molar-refractivity contribution in [3.8, 4) is 5.88 Å². The van der Waals surface area contributed by atoms with Crippen molar-refractivity contribution < 1.29 is 4.74 Å². The van der Waals surface area contributed by atoms with Gasteiger partial charge in [-0.2, -0.15) is 0 Å². The van der Waals surface area contributed by atoms with E-state index in [1.165, 1.54) is 37.7 Å². The summed E-state index contributed by atoms with van der Waals surface area (Å²) in [5, 5.41) is 3.42. The Balaban J connectivity index is 1.94. The molecule has 1 fully saturated rings. The van der Waals surface area contributed by atoms with Crippen LogP contribution in [0.2, 0.25) is 0 Å². The molecule has 2 rings (SSSR count). The smallest absolute Gasteiger partial charge is 0.218 e. The SMILES string of the molecule is CCNC(C)c1cccnc1OCC1CCCCC1. The third-order valence-corrected chi connectivity index (χ3v) is 3.96. The molecule has 1 N–H and O–H groups in total. The molecule has 1 heterocycles. The van der Waals surface area contributed by atoms with Gasteiger partial charge in [-0.05, 0) is 38.3 Å². The van der Waals surface area contributed by atoms with Crippen LogP contribution in [0.25, 0.3) is 0 Å². The van der Waals surface area contributed by atoms with Gasteiger partial charge >= 0.3 is 0 Å². The molecule has 0 radical (unpaired) electrons. The lowest BCUT2D eigenvalue weighted by Gasteiger charge is -2.23. The van der Waals surface area contributed by atoms with Crippen LogP contribution in [0.3, 0.4) is 0 Å². The fourth-order valence-electron chi connectivity index (χ4n) is 2.82. The van der Waals surface area contributed by atoms with E-state index < -0.39 is 0 Å². The summed E-state index contributed by atoms with van der Waals surface area (Å²) in [6.07, 6.45) is 8.55. The van der Waals surface area contributed by atoms with Gasteiger partial charge in [-0.3, -0.25) is 0 Å². The van der Waals surface area contributed by atoms with Crippen LogP contribution in [0.5, 0.6) is 5.88 Å². The van der Waals surface area contributed by atoms with Crippen LogP contribution in [0, 0.1) is 5.92 Å². The van der Waals surface area contributed by atoms with Gasteiger partial charge in [-0.15, -0.1) is 0 Å². The minimum atomic E-state index is 0.292. The molecule has 1 atom stereocenters. The zero-order valence-corrected chi connectivity index (χ0v) is 12.2. The van der Waals surface area contributed by atoms with E-state index in [2.05, 4.69) is 30.2 Å². The van der Waals surface area contributed by atoms with E-state index in [-0.39, 0.29) is 0 Å². The van der Waals surface area contributed by atoms with Crippen LogP contribution in [0.1, 0.15) is 57.6 Å². The summed E-state index contributed by atoms with van der Waals surface area (Å²) in [5.74, 6) is 1.53. The highest BCUT2D eigenvalue weighted by Crippen LogP contribution is 2.26. The number of hydrogen-bond donors (Lipinski definition) is 1. The third-order valence-electron chi connectivity index (χ3n) is 3.96. The fraction of sp³-hybridized carbons (Fsp3) is 0.688. The minimum Gasteiger partial charge on any atom is -0.477 e. The van der Waals surface area contributed by atoms with E-state index in [1.54, 1.807) is 0 Å². The Morgan fingerprint density at radius 2 is 2.16 bits per heavy atom. The topological polar surface area (TPSA) is 34.2 Å². The van der Waals surface area contributed by atoms with E-state index in [9.17, 15) is 0 Å². The van der Waals surface area contributed by atoms with E-state index in [0.717, 1.165) is 24.9 Å². The molecule has 0 aliphatic heterocycles. The number of hydrogen-bond acceptors (Lipinski definition) is 3. The van der Waals surface area contributed by atoms with E-state index in [0.29, 0.717) is 6.04 Å². The molecule has 106 valence electrons. The normalized spacial score (nSPS) is 18.2. The summed E-state index contributed by atoms with van der Waals surface area (Å²) in [4.78, 5) is 4.40. The van der Waals surface area contributed by atoms with Gasteiger partial charge in [0, 0.05) is 17.8 Å². The molecule has 1 aliphatic carbocycles. The van der Waals surface area contributed by atoms with Crippen LogP contribution < -0.4 is 10.1 Å². The van der Waals surface area contributed by atoms with Crippen molar-refractivity contribution in [2.24, 2.45) is 5.92 Å². The highest BCUT2D eigenvalue weighted by atomic mass is 16.5. The first kappa shape index (κ1) is 14.3. The second-order valence-corrected chi connectivity index (χ2v) is 5.49. The van der Waals surface area contributed by atoms with Gasteiger partial charge in [0.15, 0.2) is 0 Å². The molecule has 1 aliphatic rings. The van der Waals surface area contributed by atoms with Crippen molar-refractivity contribution in [1.29, 1.82) is 0 Å². The average Bonchev–Trinajstić information content (AvgIpc) is 2.47. The maximum atomic E-state index is 5.99. The minimum absolute atomic E-state index is 0.292. The molecule has 3 heteroatoms. The van der Waals surface area contributed by atoms with Gasteiger partial charge in [0.2, 0.25) is 5.88 Å². The van der Waals surface area contributed by atoms with Crippen LogP contribution in [0.15, 0.2) is 18.3 Å². The summed E-state index contributed by atoms with van der Waals surface area (Å²) < 4.78 is 5.99. The molecule has 0 aromatic carbocycles. The van der Waals surface area contributed by atoms with Gasteiger partial charge < -0.3 is 10.1 Å². The zero-order valence-electron chi connectivity index (χ0n) is 12.2. The molecule has 0 bridgehead atoms. The van der Waals surface area contributed by atoms with E-state index in [4.69, 9.17) is 4.74 Å². The predicted molar refractivity (Wildman–Crippen MR) is 78.4 cm³/mol. The Bertz CT molecular complexity index is 375.